The zero-order valence-electron chi connectivity index (χ0n) is 17.5. The second-order valence-electron chi connectivity index (χ2n) is 8.01. The third kappa shape index (κ3) is 3.34. The number of pyridine rings is 2. The molecule has 1 aliphatic heterocycles. The Hall–Kier alpha value is -3.30. The molecule has 4 aromatic rings. The fourth-order valence-corrected chi connectivity index (χ4v) is 5.53. The maximum Gasteiger partial charge on any atom is 0.267 e. The predicted molar refractivity (Wildman–Crippen MR) is 118 cm³/mol. The minimum absolute atomic E-state index is 0.0706. The third-order valence-corrected chi connectivity index (χ3v) is 7.56. The Morgan fingerprint density at radius 3 is 2.69 bits per heavy atom. The lowest BCUT2D eigenvalue weighted by molar-refractivity contribution is 0.0965. The summed E-state index contributed by atoms with van der Waals surface area (Å²) in [7, 11) is -4.02. The van der Waals surface area contributed by atoms with E-state index in [2.05, 4.69) is 4.98 Å². The average Bonchev–Trinajstić information content (AvgIpc) is 3.30. The van der Waals surface area contributed by atoms with Crippen molar-refractivity contribution < 1.29 is 13.2 Å². The standard InChI is InChI=1S/C23H22N4O4S/c1-15-9-10-20-25-22-18(23(28)26(20)13-15)12-19(32(29,30)17-7-3-2-4-8-17)21(24)27(22)14-16-6-5-11-31-16/h2-4,7-10,12-13,16,24H,5-6,11,14H2,1H3. The van der Waals surface area contributed by atoms with Crippen LogP contribution < -0.4 is 11.0 Å². The van der Waals surface area contributed by atoms with Gasteiger partial charge in [-0.3, -0.25) is 14.6 Å². The monoisotopic (exact) mass is 450 g/mol. The molecular weight excluding hydrogens is 428 g/mol. The summed E-state index contributed by atoms with van der Waals surface area (Å²) < 4.78 is 35.5. The Balaban J connectivity index is 1.86. The van der Waals surface area contributed by atoms with Crippen molar-refractivity contribution >= 4 is 26.5 Å². The largest absolute Gasteiger partial charge is 0.376 e. The number of fused-ring (bicyclic) bond motifs is 2. The molecule has 1 N–H and O–H groups in total. The van der Waals surface area contributed by atoms with Gasteiger partial charge in [-0.05, 0) is 49.6 Å². The van der Waals surface area contributed by atoms with E-state index in [1.807, 2.05) is 13.0 Å². The number of nitrogens with zero attached hydrogens (tertiary/aromatic N) is 3. The van der Waals surface area contributed by atoms with Gasteiger partial charge in [-0.15, -0.1) is 0 Å². The van der Waals surface area contributed by atoms with E-state index in [-0.39, 0.29) is 44.5 Å². The van der Waals surface area contributed by atoms with Crippen LogP contribution in [-0.2, 0) is 21.1 Å². The molecule has 8 nitrogen and oxygen atoms in total. The van der Waals surface area contributed by atoms with Crippen molar-refractivity contribution in [2.75, 3.05) is 6.61 Å². The summed E-state index contributed by atoms with van der Waals surface area (Å²) in [6.07, 6.45) is 3.21. The zero-order chi connectivity index (χ0) is 22.5. The van der Waals surface area contributed by atoms with Crippen molar-refractivity contribution in [2.45, 2.75) is 42.2 Å². The number of nitrogens with one attached hydrogen (secondary N) is 1. The SMILES string of the molecule is Cc1ccc2nc3c(cc(S(=O)(=O)c4ccccc4)c(=N)n3CC3CCCO3)c(=O)n2c1. The molecule has 1 aromatic carbocycles. The summed E-state index contributed by atoms with van der Waals surface area (Å²) in [5.41, 5.74) is 1.01. The van der Waals surface area contributed by atoms with Crippen LogP contribution in [0.4, 0.5) is 0 Å². The first-order valence-electron chi connectivity index (χ1n) is 10.4. The topological polar surface area (TPSA) is 107 Å². The Morgan fingerprint density at radius 2 is 1.97 bits per heavy atom. The summed E-state index contributed by atoms with van der Waals surface area (Å²) in [6.45, 7) is 2.74. The molecule has 164 valence electrons. The molecule has 3 aromatic heterocycles. The lowest BCUT2D eigenvalue weighted by atomic mass is 10.2. The van der Waals surface area contributed by atoms with Crippen LogP contribution in [0.3, 0.4) is 0 Å². The van der Waals surface area contributed by atoms with Crippen molar-refractivity contribution in [3.63, 3.8) is 0 Å². The van der Waals surface area contributed by atoms with Crippen molar-refractivity contribution in [2.24, 2.45) is 0 Å². The van der Waals surface area contributed by atoms with Crippen LogP contribution >= 0.6 is 0 Å². The molecule has 1 atom stereocenters. The van der Waals surface area contributed by atoms with Crippen LogP contribution in [0.5, 0.6) is 0 Å². The predicted octanol–water partition coefficient (Wildman–Crippen LogP) is 2.45. The Kier molecular flexibility index (Phi) is 4.94. The molecule has 4 heterocycles. The molecule has 1 saturated heterocycles. The van der Waals surface area contributed by atoms with E-state index >= 15 is 0 Å². The highest BCUT2D eigenvalue weighted by molar-refractivity contribution is 7.91. The molecule has 0 spiro atoms. The molecule has 1 aliphatic rings. The fourth-order valence-electron chi connectivity index (χ4n) is 4.12. The van der Waals surface area contributed by atoms with E-state index in [4.69, 9.17) is 10.1 Å². The number of benzene rings is 1. The van der Waals surface area contributed by atoms with Crippen molar-refractivity contribution in [3.05, 3.63) is 76.1 Å². The van der Waals surface area contributed by atoms with Gasteiger partial charge < -0.3 is 9.30 Å². The number of aromatic nitrogens is 3. The number of hydrogen-bond acceptors (Lipinski definition) is 6. The Morgan fingerprint density at radius 1 is 1.19 bits per heavy atom. The zero-order valence-corrected chi connectivity index (χ0v) is 18.3. The van der Waals surface area contributed by atoms with Crippen LogP contribution in [0, 0.1) is 12.3 Å². The fraction of sp³-hybridized carbons (Fsp3) is 0.261. The van der Waals surface area contributed by atoms with E-state index in [1.54, 1.807) is 30.5 Å². The molecule has 0 bridgehead atoms. The highest BCUT2D eigenvalue weighted by Gasteiger charge is 2.26. The van der Waals surface area contributed by atoms with Gasteiger partial charge in [0.15, 0.2) is 0 Å². The minimum Gasteiger partial charge on any atom is -0.376 e. The second-order valence-corrected chi connectivity index (χ2v) is 9.93. The highest BCUT2D eigenvalue weighted by Crippen LogP contribution is 2.22. The summed E-state index contributed by atoms with van der Waals surface area (Å²) >= 11 is 0. The molecule has 0 aliphatic carbocycles. The molecule has 9 heteroatoms. The quantitative estimate of drug-likeness (QED) is 0.481. The molecule has 0 radical (unpaired) electrons. The van der Waals surface area contributed by atoms with Crippen LogP contribution in [0.1, 0.15) is 18.4 Å². The van der Waals surface area contributed by atoms with Gasteiger partial charge in [-0.1, -0.05) is 24.3 Å². The van der Waals surface area contributed by atoms with Gasteiger partial charge in [0.05, 0.1) is 22.9 Å². The van der Waals surface area contributed by atoms with Gasteiger partial charge in [0, 0.05) is 12.8 Å². The highest BCUT2D eigenvalue weighted by atomic mass is 32.2. The maximum atomic E-state index is 13.4. The van der Waals surface area contributed by atoms with E-state index in [1.165, 1.54) is 27.2 Å². The number of ether oxygens (including phenoxy) is 1. The first-order valence-corrected chi connectivity index (χ1v) is 11.9. The van der Waals surface area contributed by atoms with Gasteiger partial charge in [0.1, 0.15) is 21.7 Å². The van der Waals surface area contributed by atoms with Gasteiger partial charge >= 0.3 is 0 Å². The Bertz CT molecular complexity index is 1570. The van der Waals surface area contributed by atoms with E-state index in [9.17, 15) is 13.2 Å². The minimum atomic E-state index is -4.02. The summed E-state index contributed by atoms with van der Waals surface area (Å²) in [5, 5.41) is 8.94. The summed E-state index contributed by atoms with van der Waals surface area (Å²) in [4.78, 5) is 17.9. The lowest BCUT2D eigenvalue weighted by Gasteiger charge is -2.18. The molecule has 0 saturated carbocycles. The summed E-state index contributed by atoms with van der Waals surface area (Å²) in [5.74, 6) is 0. The van der Waals surface area contributed by atoms with Crippen LogP contribution in [0.15, 0.2) is 69.3 Å². The van der Waals surface area contributed by atoms with Gasteiger partial charge in [-0.25, -0.2) is 13.4 Å². The molecule has 5 rings (SSSR count). The van der Waals surface area contributed by atoms with E-state index in [0.717, 1.165) is 18.4 Å². The molecule has 0 amide bonds. The number of sulfone groups is 1. The lowest BCUT2D eigenvalue weighted by Crippen LogP contribution is -2.33. The first kappa shape index (κ1) is 20.6. The van der Waals surface area contributed by atoms with Crippen molar-refractivity contribution in [3.8, 4) is 0 Å². The maximum absolute atomic E-state index is 13.4. The van der Waals surface area contributed by atoms with Crippen LogP contribution in [0.25, 0.3) is 16.7 Å². The average molecular weight is 451 g/mol. The normalized spacial score (nSPS) is 16.7. The van der Waals surface area contributed by atoms with Crippen LogP contribution in [0.2, 0.25) is 0 Å². The Labute approximate surface area is 184 Å². The van der Waals surface area contributed by atoms with Crippen molar-refractivity contribution in [1.82, 2.24) is 14.0 Å². The molecule has 1 unspecified atom stereocenters. The van der Waals surface area contributed by atoms with Gasteiger partial charge in [0.2, 0.25) is 9.84 Å². The van der Waals surface area contributed by atoms with Crippen LogP contribution in [-0.4, -0.2) is 35.1 Å². The smallest absolute Gasteiger partial charge is 0.267 e. The van der Waals surface area contributed by atoms with Crippen molar-refractivity contribution in [1.29, 1.82) is 5.41 Å². The second kappa shape index (κ2) is 7.68. The first-order chi connectivity index (χ1) is 15.4. The van der Waals surface area contributed by atoms with E-state index < -0.39 is 9.84 Å². The van der Waals surface area contributed by atoms with E-state index in [0.29, 0.717) is 12.3 Å². The number of hydrogen-bond donors (Lipinski definition) is 1. The molecule has 1 fully saturated rings. The third-order valence-electron chi connectivity index (χ3n) is 5.77. The molecular formula is C23H22N4O4S. The number of aryl methyl sites for hydroxylation is 1. The summed E-state index contributed by atoms with van der Waals surface area (Å²) in [6, 6.07) is 12.8. The van der Waals surface area contributed by atoms with Gasteiger partial charge in [0.25, 0.3) is 5.56 Å². The molecule has 32 heavy (non-hydrogen) atoms. The number of rotatable bonds is 4. The van der Waals surface area contributed by atoms with Gasteiger partial charge in [-0.2, -0.15) is 0 Å².